The third-order valence-electron chi connectivity index (χ3n) is 1.70. The van der Waals surface area contributed by atoms with Crippen molar-refractivity contribution in [1.82, 2.24) is 9.61 Å². The lowest BCUT2D eigenvalue weighted by molar-refractivity contribution is 0.0698. The highest BCUT2D eigenvalue weighted by atomic mass is 35.5. The van der Waals surface area contributed by atoms with E-state index in [0.29, 0.717) is 10.5 Å². The minimum Gasteiger partial charge on any atom is -0.478 e. The van der Waals surface area contributed by atoms with Gasteiger partial charge in [0, 0.05) is 6.20 Å². The number of carboxylic acid groups (broad SMARTS) is 1. The first kappa shape index (κ1) is 8.07. The molecule has 0 aliphatic rings. The first-order valence-corrected chi connectivity index (χ1v) is 3.92. The van der Waals surface area contributed by atoms with Crippen molar-refractivity contribution in [2.24, 2.45) is 0 Å². The third kappa shape index (κ3) is 1.25. The minimum absolute atomic E-state index is 0.157. The molecular weight excluding hydrogens is 192 g/mol. The maximum Gasteiger partial charge on any atom is 0.337 e. The first-order valence-electron chi connectivity index (χ1n) is 3.54. The summed E-state index contributed by atoms with van der Waals surface area (Å²) in [6.07, 6.45) is 3.08. The Morgan fingerprint density at radius 1 is 1.62 bits per heavy atom. The molecule has 0 unspecified atom stereocenters. The Labute approximate surface area is 78.4 Å². The van der Waals surface area contributed by atoms with Crippen molar-refractivity contribution >= 4 is 23.1 Å². The topological polar surface area (TPSA) is 54.6 Å². The van der Waals surface area contributed by atoms with Gasteiger partial charge in [0.2, 0.25) is 0 Å². The third-order valence-corrected chi connectivity index (χ3v) is 1.91. The van der Waals surface area contributed by atoms with Gasteiger partial charge in [-0.15, -0.1) is 0 Å². The molecule has 0 aromatic carbocycles. The number of carbonyl (C=O) groups is 1. The Balaban J connectivity index is 2.84. The number of fused-ring (bicyclic) bond motifs is 1. The van der Waals surface area contributed by atoms with Gasteiger partial charge in [0.1, 0.15) is 0 Å². The summed E-state index contributed by atoms with van der Waals surface area (Å²) in [4.78, 5) is 10.8. The highest BCUT2D eigenvalue weighted by molar-refractivity contribution is 6.31. The van der Waals surface area contributed by atoms with Gasteiger partial charge < -0.3 is 5.11 Å². The molecule has 0 aliphatic carbocycles. The summed E-state index contributed by atoms with van der Waals surface area (Å²) >= 11 is 5.70. The molecule has 0 saturated carbocycles. The molecule has 0 radical (unpaired) electrons. The SMILES string of the molecule is O=C(O)c1cc(Cl)cn2nccc12. The lowest BCUT2D eigenvalue weighted by Gasteiger charge is -1.99. The number of hydrogen-bond acceptors (Lipinski definition) is 2. The summed E-state index contributed by atoms with van der Waals surface area (Å²) < 4.78 is 1.44. The lowest BCUT2D eigenvalue weighted by Crippen LogP contribution is -2.00. The molecule has 2 rings (SSSR count). The first-order chi connectivity index (χ1) is 6.18. The van der Waals surface area contributed by atoms with Crippen LogP contribution in [0.2, 0.25) is 5.02 Å². The fraction of sp³-hybridized carbons (Fsp3) is 0. The summed E-state index contributed by atoms with van der Waals surface area (Å²) in [5.41, 5.74) is 0.696. The Bertz CT molecular complexity index is 478. The van der Waals surface area contributed by atoms with Gasteiger partial charge in [0.05, 0.1) is 22.3 Å². The average Bonchev–Trinajstić information content (AvgIpc) is 2.49. The smallest absolute Gasteiger partial charge is 0.337 e. The molecular formula is C8H5ClN2O2. The van der Waals surface area contributed by atoms with Crippen LogP contribution in [-0.4, -0.2) is 20.7 Å². The number of aromatic nitrogens is 2. The molecule has 2 heterocycles. The molecule has 0 amide bonds. The van der Waals surface area contributed by atoms with Crippen molar-refractivity contribution in [2.45, 2.75) is 0 Å². The van der Waals surface area contributed by atoms with E-state index in [1.54, 1.807) is 12.3 Å². The van der Waals surface area contributed by atoms with Gasteiger partial charge in [-0.1, -0.05) is 11.6 Å². The van der Waals surface area contributed by atoms with Crippen LogP contribution in [0.4, 0.5) is 0 Å². The van der Waals surface area contributed by atoms with Gasteiger partial charge in [-0.25, -0.2) is 9.31 Å². The number of nitrogens with zero attached hydrogens (tertiary/aromatic N) is 2. The zero-order valence-corrected chi connectivity index (χ0v) is 7.19. The second kappa shape index (κ2) is 2.74. The monoisotopic (exact) mass is 196 g/mol. The van der Waals surface area contributed by atoms with E-state index >= 15 is 0 Å². The molecule has 0 atom stereocenters. The molecule has 2 aromatic heterocycles. The van der Waals surface area contributed by atoms with Crippen LogP contribution in [0, 0.1) is 0 Å². The highest BCUT2D eigenvalue weighted by Gasteiger charge is 2.10. The molecule has 0 bridgehead atoms. The van der Waals surface area contributed by atoms with Gasteiger partial charge >= 0.3 is 5.97 Å². The summed E-state index contributed by atoms with van der Waals surface area (Å²) in [6, 6.07) is 3.03. The Morgan fingerprint density at radius 3 is 3.08 bits per heavy atom. The van der Waals surface area contributed by atoms with Crippen LogP contribution < -0.4 is 0 Å². The van der Waals surface area contributed by atoms with Crippen molar-refractivity contribution in [1.29, 1.82) is 0 Å². The van der Waals surface area contributed by atoms with E-state index in [1.165, 1.54) is 16.8 Å². The number of rotatable bonds is 1. The highest BCUT2D eigenvalue weighted by Crippen LogP contribution is 2.16. The number of aromatic carboxylic acids is 1. The van der Waals surface area contributed by atoms with Crippen molar-refractivity contribution < 1.29 is 9.90 Å². The van der Waals surface area contributed by atoms with Crippen molar-refractivity contribution in [3.8, 4) is 0 Å². The summed E-state index contributed by atoms with van der Waals surface area (Å²) in [6.45, 7) is 0. The number of carboxylic acids is 1. The van der Waals surface area contributed by atoms with E-state index in [9.17, 15) is 4.79 Å². The van der Waals surface area contributed by atoms with Gasteiger partial charge in [-0.3, -0.25) is 0 Å². The molecule has 66 valence electrons. The molecule has 4 nitrogen and oxygen atoms in total. The van der Waals surface area contributed by atoms with Gasteiger partial charge in [0.15, 0.2) is 0 Å². The maximum atomic E-state index is 10.8. The summed E-state index contributed by atoms with van der Waals surface area (Å²) in [5.74, 6) is -1.01. The normalized spacial score (nSPS) is 10.5. The van der Waals surface area contributed by atoms with Crippen LogP contribution in [0.1, 0.15) is 10.4 Å². The van der Waals surface area contributed by atoms with E-state index in [4.69, 9.17) is 16.7 Å². The van der Waals surface area contributed by atoms with Crippen LogP contribution in [0.15, 0.2) is 24.5 Å². The van der Waals surface area contributed by atoms with Crippen molar-refractivity contribution in [3.63, 3.8) is 0 Å². The number of halogens is 1. The zero-order valence-electron chi connectivity index (χ0n) is 6.44. The largest absolute Gasteiger partial charge is 0.478 e. The summed E-state index contributed by atoms with van der Waals surface area (Å²) in [5, 5.41) is 13.1. The predicted octanol–water partition coefficient (Wildman–Crippen LogP) is 1.69. The minimum atomic E-state index is -1.01. The number of pyridine rings is 1. The lowest BCUT2D eigenvalue weighted by atomic mass is 10.2. The molecule has 13 heavy (non-hydrogen) atoms. The molecule has 2 aromatic rings. The van der Waals surface area contributed by atoms with Crippen LogP contribution in [0.25, 0.3) is 5.52 Å². The molecule has 1 N–H and O–H groups in total. The van der Waals surface area contributed by atoms with Gasteiger partial charge in [-0.05, 0) is 12.1 Å². The Kier molecular flexibility index (Phi) is 1.70. The van der Waals surface area contributed by atoms with E-state index in [-0.39, 0.29) is 5.56 Å². The van der Waals surface area contributed by atoms with E-state index in [1.807, 2.05) is 0 Å². The fourth-order valence-corrected chi connectivity index (χ4v) is 1.37. The molecule has 0 aliphatic heterocycles. The zero-order chi connectivity index (χ0) is 9.42. The van der Waals surface area contributed by atoms with Crippen molar-refractivity contribution in [3.05, 3.63) is 35.1 Å². The average molecular weight is 197 g/mol. The van der Waals surface area contributed by atoms with Crippen LogP contribution in [-0.2, 0) is 0 Å². The fourth-order valence-electron chi connectivity index (χ4n) is 1.17. The van der Waals surface area contributed by atoms with Crippen molar-refractivity contribution in [2.75, 3.05) is 0 Å². The van der Waals surface area contributed by atoms with Crippen LogP contribution in [0.3, 0.4) is 0 Å². The quantitative estimate of drug-likeness (QED) is 0.755. The molecule has 0 spiro atoms. The Hall–Kier alpha value is -1.55. The second-order valence-electron chi connectivity index (χ2n) is 2.54. The van der Waals surface area contributed by atoms with Gasteiger partial charge in [0.25, 0.3) is 0 Å². The standard InChI is InChI=1S/C8H5ClN2O2/c9-5-3-6(8(12)13)7-1-2-10-11(7)4-5/h1-4H,(H,12,13). The van der Waals surface area contributed by atoms with Crippen LogP contribution >= 0.6 is 11.6 Å². The van der Waals surface area contributed by atoms with E-state index < -0.39 is 5.97 Å². The van der Waals surface area contributed by atoms with E-state index in [2.05, 4.69) is 5.10 Å². The van der Waals surface area contributed by atoms with E-state index in [0.717, 1.165) is 0 Å². The maximum absolute atomic E-state index is 10.8. The predicted molar refractivity (Wildman–Crippen MR) is 47.2 cm³/mol. The molecule has 0 saturated heterocycles. The van der Waals surface area contributed by atoms with Gasteiger partial charge in [-0.2, -0.15) is 5.10 Å². The van der Waals surface area contributed by atoms with Crippen LogP contribution in [0.5, 0.6) is 0 Å². The molecule has 5 heteroatoms. The second-order valence-corrected chi connectivity index (χ2v) is 2.97. The Morgan fingerprint density at radius 2 is 2.38 bits per heavy atom. The summed E-state index contributed by atoms with van der Waals surface area (Å²) in [7, 11) is 0. The molecule has 0 fully saturated rings. The number of hydrogen-bond donors (Lipinski definition) is 1.